The van der Waals surface area contributed by atoms with Crippen LogP contribution < -0.4 is 0 Å². The van der Waals surface area contributed by atoms with Gasteiger partial charge in [-0.3, -0.25) is 4.79 Å². The molecule has 0 saturated carbocycles. The van der Waals surface area contributed by atoms with Crippen molar-refractivity contribution in [3.05, 3.63) is 28.5 Å². The average Bonchev–Trinajstić information content (AvgIpc) is 2.63. The van der Waals surface area contributed by atoms with Gasteiger partial charge in [0.2, 0.25) is 0 Å². The SMILES string of the molecule is CC(C)C1CCCN(C(=O)c2cccc(Br)n2)CC1. The minimum atomic E-state index is 0.0608. The Morgan fingerprint density at radius 2 is 2.16 bits per heavy atom. The van der Waals surface area contributed by atoms with Gasteiger partial charge >= 0.3 is 0 Å². The Kier molecular flexibility index (Phi) is 4.97. The van der Waals surface area contributed by atoms with Gasteiger partial charge in [0.05, 0.1) is 0 Å². The van der Waals surface area contributed by atoms with E-state index in [0.29, 0.717) is 16.2 Å². The summed E-state index contributed by atoms with van der Waals surface area (Å²) in [6, 6.07) is 5.49. The topological polar surface area (TPSA) is 33.2 Å². The zero-order chi connectivity index (χ0) is 13.8. The molecule has 2 rings (SSSR count). The molecule has 0 aromatic carbocycles. The maximum absolute atomic E-state index is 12.4. The number of hydrogen-bond acceptors (Lipinski definition) is 2. The summed E-state index contributed by atoms with van der Waals surface area (Å²) in [6.07, 6.45) is 3.44. The van der Waals surface area contributed by atoms with E-state index in [1.165, 1.54) is 6.42 Å². The van der Waals surface area contributed by atoms with Gasteiger partial charge in [-0.25, -0.2) is 4.98 Å². The van der Waals surface area contributed by atoms with E-state index in [0.717, 1.165) is 31.8 Å². The summed E-state index contributed by atoms with van der Waals surface area (Å²) in [5.41, 5.74) is 0.539. The number of hydrogen-bond donors (Lipinski definition) is 0. The molecule has 1 aromatic rings. The van der Waals surface area contributed by atoms with Crippen LogP contribution in [0.25, 0.3) is 0 Å². The van der Waals surface area contributed by atoms with Crippen molar-refractivity contribution in [2.45, 2.75) is 33.1 Å². The second kappa shape index (κ2) is 6.51. The van der Waals surface area contributed by atoms with Gasteiger partial charge in [0.1, 0.15) is 10.3 Å². The van der Waals surface area contributed by atoms with Crippen LogP contribution in [0.3, 0.4) is 0 Å². The average molecular weight is 325 g/mol. The summed E-state index contributed by atoms with van der Waals surface area (Å²) in [5.74, 6) is 1.51. The van der Waals surface area contributed by atoms with Gasteiger partial charge in [-0.1, -0.05) is 19.9 Å². The number of nitrogens with zero attached hydrogens (tertiary/aromatic N) is 2. The third-order valence-corrected chi connectivity index (χ3v) is 4.38. The lowest BCUT2D eigenvalue weighted by molar-refractivity contribution is 0.0752. The molecule has 2 heterocycles. The van der Waals surface area contributed by atoms with E-state index in [1.54, 1.807) is 6.07 Å². The summed E-state index contributed by atoms with van der Waals surface area (Å²) in [4.78, 5) is 18.6. The molecule has 1 atom stereocenters. The Hall–Kier alpha value is -0.900. The van der Waals surface area contributed by atoms with E-state index in [1.807, 2.05) is 17.0 Å². The fraction of sp³-hybridized carbons (Fsp3) is 0.600. The molecular weight excluding hydrogens is 304 g/mol. The van der Waals surface area contributed by atoms with Crippen molar-refractivity contribution in [1.29, 1.82) is 0 Å². The normalized spacial score (nSPS) is 20.4. The minimum Gasteiger partial charge on any atom is -0.337 e. The quantitative estimate of drug-likeness (QED) is 0.776. The third-order valence-electron chi connectivity index (χ3n) is 3.94. The molecule has 3 nitrogen and oxygen atoms in total. The number of carbonyl (C=O) groups is 1. The number of amides is 1. The zero-order valence-electron chi connectivity index (χ0n) is 11.6. The van der Waals surface area contributed by atoms with Crippen LogP contribution in [0.4, 0.5) is 0 Å². The molecule has 1 aliphatic heterocycles. The first-order valence-corrected chi connectivity index (χ1v) is 7.79. The highest BCUT2D eigenvalue weighted by Gasteiger charge is 2.23. The predicted octanol–water partition coefficient (Wildman–Crippen LogP) is 3.74. The Bertz CT molecular complexity index is 448. The van der Waals surface area contributed by atoms with Gasteiger partial charge in [-0.15, -0.1) is 0 Å². The fourth-order valence-corrected chi connectivity index (χ4v) is 3.02. The van der Waals surface area contributed by atoms with Gasteiger partial charge in [-0.2, -0.15) is 0 Å². The Morgan fingerprint density at radius 1 is 1.37 bits per heavy atom. The van der Waals surface area contributed by atoms with Crippen LogP contribution in [-0.2, 0) is 0 Å². The van der Waals surface area contributed by atoms with Crippen molar-refractivity contribution in [2.24, 2.45) is 11.8 Å². The largest absolute Gasteiger partial charge is 0.337 e. The van der Waals surface area contributed by atoms with Gasteiger partial charge in [0.15, 0.2) is 0 Å². The monoisotopic (exact) mass is 324 g/mol. The third kappa shape index (κ3) is 3.78. The van der Waals surface area contributed by atoms with E-state index in [9.17, 15) is 4.79 Å². The standard InChI is InChI=1S/C15H21BrN2O/c1-11(2)12-5-4-9-18(10-8-12)15(19)13-6-3-7-14(16)17-13/h3,6-7,11-12H,4-5,8-10H2,1-2H3. The molecule has 0 aliphatic carbocycles. The maximum Gasteiger partial charge on any atom is 0.272 e. The van der Waals surface area contributed by atoms with Gasteiger partial charge < -0.3 is 4.90 Å². The van der Waals surface area contributed by atoms with Crippen molar-refractivity contribution < 1.29 is 4.79 Å². The fourth-order valence-electron chi connectivity index (χ4n) is 2.68. The van der Waals surface area contributed by atoms with Crippen LogP contribution in [0.15, 0.2) is 22.8 Å². The van der Waals surface area contributed by atoms with E-state index >= 15 is 0 Å². The number of likely N-dealkylation sites (tertiary alicyclic amines) is 1. The molecule has 0 bridgehead atoms. The van der Waals surface area contributed by atoms with E-state index in [2.05, 4.69) is 34.8 Å². The first-order chi connectivity index (χ1) is 9.08. The number of halogens is 1. The second-order valence-electron chi connectivity index (χ2n) is 5.57. The van der Waals surface area contributed by atoms with E-state index in [-0.39, 0.29) is 5.91 Å². The molecule has 1 aliphatic rings. The lowest BCUT2D eigenvalue weighted by Gasteiger charge is -2.21. The summed E-state index contributed by atoms with van der Waals surface area (Å²) >= 11 is 3.32. The first kappa shape index (κ1) is 14.5. The van der Waals surface area contributed by atoms with Crippen LogP contribution >= 0.6 is 15.9 Å². The van der Waals surface area contributed by atoms with Crippen LogP contribution in [0.5, 0.6) is 0 Å². The highest BCUT2D eigenvalue weighted by Crippen LogP contribution is 2.25. The molecule has 0 N–H and O–H groups in total. The maximum atomic E-state index is 12.4. The Labute approximate surface area is 123 Å². The van der Waals surface area contributed by atoms with Crippen molar-refractivity contribution in [3.63, 3.8) is 0 Å². The first-order valence-electron chi connectivity index (χ1n) is 6.99. The minimum absolute atomic E-state index is 0.0608. The van der Waals surface area contributed by atoms with Crippen LogP contribution in [-0.4, -0.2) is 28.9 Å². The van der Waals surface area contributed by atoms with Crippen LogP contribution in [0.1, 0.15) is 43.6 Å². The summed E-state index contributed by atoms with van der Waals surface area (Å²) in [7, 11) is 0. The lowest BCUT2D eigenvalue weighted by atomic mass is 9.89. The summed E-state index contributed by atoms with van der Waals surface area (Å²) < 4.78 is 0.716. The molecule has 104 valence electrons. The molecule has 19 heavy (non-hydrogen) atoms. The number of aromatic nitrogens is 1. The summed E-state index contributed by atoms with van der Waals surface area (Å²) in [6.45, 7) is 6.27. The second-order valence-corrected chi connectivity index (χ2v) is 6.39. The number of carbonyl (C=O) groups excluding carboxylic acids is 1. The smallest absolute Gasteiger partial charge is 0.272 e. The van der Waals surface area contributed by atoms with Crippen LogP contribution in [0, 0.1) is 11.8 Å². The number of rotatable bonds is 2. The Balaban J connectivity index is 2.04. The molecular formula is C15H21BrN2O. The number of pyridine rings is 1. The predicted molar refractivity (Wildman–Crippen MR) is 80.0 cm³/mol. The molecule has 1 saturated heterocycles. The summed E-state index contributed by atoms with van der Waals surface area (Å²) in [5, 5.41) is 0. The van der Waals surface area contributed by atoms with E-state index in [4.69, 9.17) is 0 Å². The molecule has 4 heteroatoms. The molecule has 0 radical (unpaired) electrons. The van der Waals surface area contributed by atoms with Crippen molar-refractivity contribution in [3.8, 4) is 0 Å². The molecule has 1 fully saturated rings. The van der Waals surface area contributed by atoms with Gasteiger partial charge in [-0.05, 0) is 59.2 Å². The highest BCUT2D eigenvalue weighted by atomic mass is 79.9. The lowest BCUT2D eigenvalue weighted by Crippen LogP contribution is -2.32. The van der Waals surface area contributed by atoms with Crippen molar-refractivity contribution in [2.75, 3.05) is 13.1 Å². The van der Waals surface area contributed by atoms with Crippen molar-refractivity contribution >= 4 is 21.8 Å². The molecule has 1 amide bonds. The molecule has 1 aromatic heterocycles. The van der Waals surface area contributed by atoms with E-state index < -0.39 is 0 Å². The zero-order valence-corrected chi connectivity index (χ0v) is 13.2. The van der Waals surface area contributed by atoms with Crippen LogP contribution in [0.2, 0.25) is 0 Å². The molecule has 0 spiro atoms. The van der Waals surface area contributed by atoms with Crippen molar-refractivity contribution in [1.82, 2.24) is 9.88 Å². The Morgan fingerprint density at radius 3 is 2.84 bits per heavy atom. The highest BCUT2D eigenvalue weighted by molar-refractivity contribution is 9.10. The van der Waals surface area contributed by atoms with Gasteiger partial charge in [0.25, 0.3) is 5.91 Å². The molecule has 1 unspecified atom stereocenters. The van der Waals surface area contributed by atoms with Gasteiger partial charge in [0, 0.05) is 13.1 Å².